The second-order valence-corrected chi connectivity index (χ2v) is 5.19. The van der Waals surface area contributed by atoms with Crippen molar-refractivity contribution in [2.45, 2.75) is 25.7 Å². The Morgan fingerprint density at radius 3 is 3.00 bits per heavy atom. The molecule has 1 aromatic carbocycles. The number of ether oxygens (including phenoxy) is 1. The van der Waals surface area contributed by atoms with E-state index in [1.807, 2.05) is 6.07 Å². The first kappa shape index (κ1) is 14.0. The Morgan fingerprint density at radius 2 is 2.32 bits per heavy atom. The van der Waals surface area contributed by atoms with Gasteiger partial charge in [0.2, 0.25) is 11.8 Å². The molecule has 0 saturated carbocycles. The van der Waals surface area contributed by atoms with E-state index in [9.17, 15) is 10.4 Å². The number of nitrogens with zero attached hydrogens (tertiary/aromatic N) is 2. The number of H-pyrrole nitrogens is 1. The lowest BCUT2D eigenvalue weighted by atomic mass is 9.83. The van der Waals surface area contributed by atoms with Gasteiger partial charge in [-0.15, -0.1) is 5.10 Å². The van der Waals surface area contributed by atoms with Gasteiger partial charge in [0.05, 0.1) is 5.92 Å². The van der Waals surface area contributed by atoms with Gasteiger partial charge in [0.1, 0.15) is 17.4 Å². The Labute approximate surface area is 127 Å². The zero-order chi connectivity index (χ0) is 15.7. The maximum Gasteiger partial charge on any atom is 0.244 e. The van der Waals surface area contributed by atoms with Crippen LogP contribution >= 0.6 is 0 Å². The van der Waals surface area contributed by atoms with Crippen LogP contribution in [-0.2, 0) is 6.42 Å². The van der Waals surface area contributed by atoms with Crippen molar-refractivity contribution in [1.82, 2.24) is 10.2 Å². The van der Waals surface area contributed by atoms with Gasteiger partial charge in [-0.25, -0.2) is 0 Å². The lowest BCUT2D eigenvalue weighted by Gasteiger charge is -2.24. The lowest BCUT2D eigenvalue weighted by Crippen LogP contribution is -2.21. The predicted octanol–water partition coefficient (Wildman–Crippen LogP) is 2.29. The van der Waals surface area contributed by atoms with Crippen molar-refractivity contribution in [2.24, 2.45) is 5.73 Å². The zero-order valence-electron chi connectivity index (χ0n) is 12.1. The molecule has 0 spiro atoms. The van der Waals surface area contributed by atoms with Crippen LogP contribution in [0.2, 0.25) is 0 Å². The topological polar surface area (TPSA) is 108 Å². The SMILES string of the molecule is CCCc1[nH]nc2c1[C@H](c1cccc(O)c1)C(C#N)=C(N)O2. The summed E-state index contributed by atoms with van der Waals surface area (Å²) in [5, 5.41) is 26.4. The van der Waals surface area contributed by atoms with Crippen LogP contribution in [-0.4, -0.2) is 15.3 Å². The lowest BCUT2D eigenvalue weighted by molar-refractivity contribution is 0.378. The summed E-state index contributed by atoms with van der Waals surface area (Å²) in [6.07, 6.45) is 1.72. The first-order chi connectivity index (χ1) is 10.7. The van der Waals surface area contributed by atoms with E-state index in [2.05, 4.69) is 23.2 Å². The molecule has 2 heterocycles. The van der Waals surface area contributed by atoms with E-state index in [1.54, 1.807) is 18.2 Å². The number of nitrogens with one attached hydrogen (secondary N) is 1. The average Bonchev–Trinajstić information content (AvgIpc) is 2.88. The van der Waals surface area contributed by atoms with E-state index in [1.165, 1.54) is 0 Å². The predicted molar refractivity (Wildman–Crippen MR) is 80.0 cm³/mol. The third kappa shape index (κ3) is 2.17. The fourth-order valence-electron chi connectivity index (χ4n) is 2.79. The molecule has 4 N–H and O–H groups in total. The second kappa shape index (κ2) is 5.45. The Balaban J connectivity index is 2.21. The quantitative estimate of drug-likeness (QED) is 0.805. The Kier molecular flexibility index (Phi) is 3.47. The standard InChI is InChI=1S/C16H16N4O2/c1-2-4-12-14-13(9-5-3-6-10(21)7-9)11(8-17)15(18)22-16(14)20-19-12/h3,5-7,13,21H,2,4,18H2,1H3,(H,19,20)/t13-/m1/s1. The highest BCUT2D eigenvalue weighted by atomic mass is 16.5. The molecule has 1 aromatic heterocycles. The number of phenols is 1. The number of benzene rings is 1. The maximum atomic E-state index is 9.75. The highest BCUT2D eigenvalue weighted by molar-refractivity contribution is 5.55. The number of fused-ring (bicyclic) bond motifs is 1. The maximum absolute atomic E-state index is 9.75. The molecule has 3 rings (SSSR count). The van der Waals surface area contributed by atoms with E-state index in [4.69, 9.17) is 10.5 Å². The molecule has 6 nitrogen and oxygen atoms in total. The van der Waals surface area contributed by atoms with Crippen LogP contribution in [0.4, 0.5) is 0 Å². The number of aromatic hydroxyl groups is 1. The van der Waals surface area contributed by atoms with E-state index >= 15 is 0 Å². The minimum atomic E-state index is -0.388. The highest BCUT2D eigenvalue weighted by Gasteiger charge is 2.34. The van der Waals surface area contributed by atoms with E-state index in [0.29, 0.717) is 11.5 Å². The number of aromatic amines is 1. The molecule has 6 heteroatoms. The van der Waals surface area contributed by atoms with E-state index in [-0.39, 0.29) is 17.6 Å². The van der Waals surface area contributed by atoms with Crippen LogP contribution in [0.25, 0.3) is 0 Å². The van der Waals surface area contributed by atoms with Crippen LogP contribution in [0.1, 0.15) is 36.1 Å². The summed E-state index contributed by atoms with van der Waals surface area (Å²) < 4.78 is 5.47. The number of hydrogen-bond donors (Lipinski definition) is 3. The number of nitrogens with two attached hydrogens (primary N) is 1. The summed E-state index contributed by atoms with van der Waals surface area (Å²) >= 11 is 0. The third-order valence-electron chi connectivity index (χ3n) is 3.72. The number of hydrogen-bond acceptors (Lipinski definition) is 5. The van der Waals surface area contributed by atoms with Crippen LogP contribution in [0.3, 0.4) is 0 Å². The monoisotopic (exact) mass is 296 g/mol. The van der Waals surface area contributed by atoms with Crippen LogP contribution in [0, 0.1) is 11.3 Å². The Morgan fingerprint density at radius 1 is 1.50 bits per heavy atom. The Bertz CT molecular complexity index is 786. The number of allylic oxidation sites excluding steroid dienone is 1. The summed E-state index contributed by atoms with van der Waals surface area (Å²) in [6.45, 7) is 2.07. The minimum absolute atomic E-state index is 0.0536. The summed E-state index contributed by atoms with van der Waals surface area (Å²) in [4.78, 5) is 0. The van der Waals surface area contributed by atoms with Gasteiger partial charge in [-0.1, -0.05) is 25.5 Å². The average molecular weight is 296 g/mol. The summed E-state index contributed by atoms with van der Waals surface area (Å²) in [5.41, 5.74) is 8.72. The van der Waals surface area contributed by atoms with Crippen molar-refractivity contribution in [3.05, 3.63) is 52.5 Å². The molecule has 0 bridgehead atoms. The smallest absolute Gasteiger partial charge is 0.244 e. The summed E-state index contributed by atoms with van der Waals surface area (Å²) in [7, 11) is 0. The second-order valence-electron chi connectivity index (χ2n) is 5.19. The minimum Gasteiger partial charge on any atom is -0.508 e. The van der Waals surface area contributed by atoms with Gasteiger partial charge in [-0.3, -0.25) is 5.10 Å². The molecule has 0 aliphatic carbocycles. The van der Waals surface area contributed by atoms with E-state index < -0.39 is 0 Å². The molecule has 0 saturated heterocycles. The van der Waals surface area contributed by atoms with Crippen LogP contribution < -0.4 is 10.5 Å². The van der Waals surface area contributed by atoms with Gasteiger partial charge < -0.3 is 15.6 Å². The molecule has 1 aliphatic rings. The molecule has 0 amide bonds. The van der Waals surface area contributed by atoms with Gasteiger partial charge in [0.15, 0.2) is 0 Å². The Hall–Kier alpha value is -2.94. The normalized spacial score (nSPS) is 16.8. The molecule has 1 aliphatic heterocycles. The van der Waals surface area contributed by atoms with Crippen LogP contribution in [0.15, 0.2) is 35.7 Å². The van der Waals surface area contributed by atoms with Gasteiger partial charge >= 0.3 is 0 Å². The molecule has 22 heavy (non-hydrogen) atoms. The van der Waals surface area contributed by atoms with Crippen molar-refractivity contribution >= 4 is 0 Å². The summed E-state index contributed by atoms with van der Waals surface area (Å²) in [6, 6.07) is 8.94. The van der Waals surface area contributed by atoms with Crippen molar-refractivity contribution in [2.75, 3.05) is 0 Å². The molecular formula is C16H16N4O2. The fraction of sp³-hybridized carbons (Fsp3) is 0.250. The molecule has 1 atom stereocenters. The van der Waals surface area contributed by atoms with E-state index in [0.717, 1.165) is 29.7 Å². The third-order valence-corrected chi connectivity index (χ3v) is 3.72. The molecule has 0 fully saturated rings. The zero-order valence-corrected chi connectivity index (χ0v) is 12.1. The molecule has 0 radical (unpaired) electrons. The molecule has 112 valence electrons. The number of nitriles is 1. The molecular weight excluding hydrogens is 280 g/mol. The highest BCUT2D eigenvalue weighted by Crippen LogP contribution is 2.43. The van der Waals surface area contributed by atoms with Gasteiger partial charge in [0, 0.05) is 11.3 Å². The van der Waals surface area contributed by atoms with Gasteiger partial charge in [-0.2, -0.15) is 5.26 Å². The first-order valence-corrected chi connectivity index (χ1v) is 7.09. The largest absolute Gasteiger partial charge is 0.508 e. The number of aryl methyl sites for hydroxylation is 1. The number of phenolic OH excluding ortho intramolecular Hbond substituents is 1. The molecule has 2 aromatic rings. The first-order valence-electron chi connectivity index (χ1n) is 7.09. The van der Waals surface area contributed by atoms with Gasteiger partial charge in [-0.05, 0) is 24.1 Å². The fourth-order valence-corrected chi connectivity index (χ4v) is 2.79. The van der Waals surface area contributed by atoms with Crippen molar-refractivity contribution in [3.63, 3.8) is 0 Å². The van der Waals surface area contributed by atoms with Crippen molar-refractivity contribution < 1.29 is 9.84 Å². The molecule has 0 unspecified atom stereocenters. The summed E-state index contributed by atoms with van der Waals surface area (Å²) in [5.74, 6) is 0.203. The van der Waals surface area contributed by atoms with Crippen LogP contribution in [0.5, 0.6) is 11.6 Å². The number of aromatic nitrogens is 2. The van der Waals surface area contributed by atoms with Gasteiger partial charge in [0.25, 0.3) is 0 Å². The number of rotatable bonds is 3. The van der Waals surface area contributed by atoms with Crippen molar-refractivity contribution in [3.8, 4) is 17.7 Å². The van der Waals surface area contributed by atoms with Crippen molar-refractivity contribution in [1.29, 1.82) is 5.26 Å².